The molecule has 0 bridgehead atoms. The fraction of sp³-hybridized carbons (Fsp3) is 0.333. The molecule has 1 aliphatic heterocycles. The number of nitrogens with zero attached hydrogens (tertiary/aromatic N) is 5. The molecule has 3 aromatic rings. The van der Waals surface area contributed by atoms with Crippen LogP contribution in [0.5, 0.6) is 5.75 Å². The lowest BCUT2D eigenvalue weighted by Gasteiger charge is -2.28. The zero-order valence-corrected chi connectivity index (χ0v) is 23.4. The number of ether oxygens (including phenoxy) is 2. The molecular formula is C30H35N7O4. The van der Waals surface area contributed by atoms with E-state index in [2.05, 4.69) is 20.9 Å². The van der Waals surface area contributed by atoms with Gasteiger partial charge in [-0.25, -0.2) is 10.4 Å². The number of azide groups is 1. The molecule has 3 N–H and O–H groups in total. The predicted molar refractivity (Wildman–Crippen MR) is 158 cm³/mol. The highest BCUT2D eigenvalue weighted by Gasteiger charge is 2.50. The van der Waals surface area contributed by atoms with E-state index in [0.717, 1.165) is 11.3 Å². The summed E-state index contributed by atoms with van der Waals surface area (Å²) < 4.78 is 11.8. The first-order chi connectivity index (χ1) is 19.9. The zero-order valence-electron chi connectivity index (χ0n) is 23.4. The first-order valence-corrected chi connectivity index (χ1v) is 13.4. The normalized spacial score (nSPS) is 17.7. The summed E-state index contributed by atoms with van der Waals surface area (Å²) in [5, 5.41) is 12.8. The maximum absolute atomic E-state index is 13.9. The average Bonchev–Trinajstić information content (AvgIpc) is 3.31. The van der Waals surface area contributed by atoms with Crippen molar-refractivity contribution < 1.29 is 19.4 Å². The van der Waals surface area contributed by atoms with Gasteiger partial charge in [-0.15, -0.1) is 0 Å². The van der Waals surface area contributed by atoms with Gasteiger partial charge in [0.1, 0.15) is 11.9 Å². The maximum Gasteiger partial charge on any atom is 0.266 e. The summed E-state index contributed by atoms with van der Waals surface area (Å²) in [7, 11) is 3.96. The van der Waals surface area contributed by atoms with Gasteiger partial charge in [-0.05, 0) is 60.0 Å². The van der Waals surface area contributed by atoms with Crippen molar-refractivity contribution in [2.24, 2.45) is 10.1 Å². The summed E-state index contributed by atoms with van der Waals surface area (Å²) in [5.74, 6) is 0.615. The van der Waals surface area contributed by atoms with Crippen molar-refractivity contribution in [2.75, 3.05) is 32.2 Å². The molecule has 0 saturated heterocycles. The largest absolute Gasteiger partial charge is 0.494 e. The SMILES string of the molecule is C[C@@H]1OC(c2ccc(OCCCO)cc2)=N[C@]1(Cc1ccccc1N=[N+]=[N-])C(=O)NNCc1ccc(N(C)C)cc1. The van der Waals surface area contributed by atoms with Gasteiger partial charge < -0.3 is 19.5 Å². The fourth-order valence-corrected chi connectivity index (χ4v) is 4.49. The Morgan fingerprint density at radius 3 is 2.56 bits per heavy atom. The van der Waals surface area contributed by atoms with Crippen LogP contribution in [0.15, 0.2) is 82.9 Å². The summed E-state index contributed by atoms with van der Waals surface area (Å²) in [4.78, 5) is 23.7. The lowest BCUT2D eigenvalue weighted by molar-refractivity contribution is -0.129. The standard InChI is InChI=1S/C30H35N7O4/c1-21-30(19-24-7-4-5-8-27(24)34-36-31,29(39)35-32-20-22-9-13-25(14-10-22)37(2)3)33-28(41-21)23-11-15-26(16-12-23)40-18-6-17-38/h4-5,7-16,21,32,38H,6,17-20H2,1-3H3,(H,35,39)/t21-,30-/m0/s1. The minimum absolute atomic E-state index is 0.0607. The van der Waals surface area contributed by atoms with Crippen molar-refractivity contribution >= 4 is 23.2 Å². The van der Waals surface area contributed by atoms with Crippen molar-refractivity contribution in [1.29, 1.82) is 0 Å². The van der Waals surface area contributed by atoms with E-state index < -0.39 is 11.6 Å². The number of carbonyl (C=O) groups is 1. The van der Waals surface area contributed by atoms with Crippen molar-refractivity contribution in [3.8, 4) is 5.75 Å². The molecule has 1 aliphatic rings. The lowest BCUT2D eigenvalue weighted by atomic mass is 9.85. The van der Waals surface area contributed by atoms with Crippen molar-refractivity contribution in [1.82, 2.24) is 10.9 Å². The smallest absolute Gasteiger partial charge is 0.266 e. The number of aliphatic imine (C=N–C) groups is 1. The molecule has 0 radical (unpaired) electrons. The second kappa shape index (κ2) is 13.7. The summed E-state index contributed by atoms with van der Waals surface area (Å²) in [6, 6.07) is 22.4. The number of carbonyl (C=O) groups excluding carboxylic acids is 1. The summed E-state index contributed by atoms with van der Waals surface area (Å²) in [5.41, 5.74) is 17.5. The molecule has 41 heavy (non-hydrogen) atoms. The molecule has 4 rings (SSSR count). The molecule has 1 heterocycles. The molecule has 11 heteroatoms. The number of nitrogens with one attached hydrogen (secondary N) is 2. The van der Waals surface area contributed by atoms with Gasteiger partial charge in [-0.1, -0.05) is 41.5 Å². The molecule has 2 atom stereocenters. The highest BCUT2D eigenvalue weighted by atomic mass is 16.5. The molecular weight excluding hydrogens is 522 g/mol. The first kappa shape index (κ1) is 29.4. The third-order valence-electron chi connectivity index (χ3n) is 6.88. The highest BCUT2D eigenvalue weighted by Crippen LogP contribution is 2.35. The number of anilines is 1. The van der Waals surface area contributed by atoms with Gasteiger partial charge in [0, 0.05) is 61.9 Å². The van der Waals surface area contributed by atoms with E-state index in [1.54, 1.807) is 31.2 Å². The summed E-state index contributed by atoms with van der Waals surface area (Å²) in [6.45, 7) is 2.68. The quantitative estimate of drug-likeness (QED) is 0.0933. The van der Waals surface area contributed by atoms with Crippen LogP contribution in [-0.4, -0.2) is 55.9 Å². The van der Waals surface area contributed by atoms with Crippen LogP contribution in [0.25, 0.3) is 10.4 Å². The van der Waals surface area contributed by atoms with Crippen LogP contribution in [-0.2, 0) is 22.5 Å². The molecule has 214 valence electrons. The fourth-order valence-electron chi connectivity index (χ4n) is 4.49. The second-order valence-electron chi connectivity index (χ2n) is 9.91. The van der Waals surface area contributed by atoms with Crippen LogP contribution in [0.3, 0.4) is 0 Å². The number of rotatable bonds is 13. The van der Waals surface area contributed by atoms with Crippen molar-refractivity contribution in [3.05, 3.63) is 99.9 Å². The molecule has 0 saturated carbocycles. The second-order valence-corrected chi connectivity index (χ2v) is 9.91. The maximum atomic E-state index is 13.9. The Bertz CT molecular complexity index is 1400. The van der Waals surface area contributed by atoms with E-state index in [1.165, 1.54) is 0 Å². The van der Waals surface area contributed by atoms with E-state index in [0.29, 0.717) is 48.0 Å². The van der Waals surface area contributed by atoms with Gasteiger partial charge in [0.2, 0.25) is 5.90 Å². The van der Waals surface area contributed by atoms with Crippen LogP contribution in [0.4, 0.5) is 11.4 Å². The minimum atomic E-state index is -1.34. The van der Waals surface area contributed by atoms with Gasteiger partial charge in [-0.3, -0.25) is 10.2 Å². The highest BCUT2D eigenvalue weighted by molar-refractivity contribution is 6.00. The van der Waals surface area contributed by atoms with Gasteiger partial charge in [-0.2, -0.15) is 0 Å². The summed E-state index contributed by atoms with van der Waals surface area (Å²) >= 11 is 0. The number of aliphatic hydroxyl groups excluding tert-OH is 1. The van der Waals surface area contributed by atoms with Crippen molar-refractivity contribution in [3.63, 3.8) is 0 Å². The van der Waals surface area contributed by atoms with Gasteiger partial charge in [0.05, 0.1) is 6.61 Å². The molecule has 3 aromatic carbocycles. The van der Waals surface area contributed by atoms with E-state index in [-0.39, 0.29) is 18.9 Å². The molecule has 1 amide bonds. The Morgan fingerprint density at radius 2 is 1.88 bits per heavy atom. The molecule has 11 nitrogen and oxygen atoms in total. The lowest BCUT2D eigenvalue weighted by Crippen LogP contribution is -2.55. The number of benzene rings is 3. The van der Waals surface area contributed by atoms with Gasteiger partial charge in [0.15, 0.2) is 5.54 Å². The van der Waals surface area contributed by atoms with E-state index in [1.807, 2.05) is 67.5 Å². The van der Waals surface area contributed by atoms with Gasteiger partial charge in [0.25, 0.3) is 5.91 Å². The minimum Gasteiger partial charge on any atom is -0.494 e. The van der Waals surface area contributed by atoms with Crippen LogP contribution < -0.4 is 20.5 Å². The monoisotopic (exact) mass is 557 g/mol. The van der Waals surface area contributed by atoms with E-state index in [9.17, 15) is 4.79 Å². The Hall–Kier alpha value is -4.57. The number of amides is 1. The summed E-state index contributed by atoms with van der Waals surface area (Å²) in [6.07, 6.45) is 0.0676. The van der Waals surface area contributed by atoms with E-state index in [4.69, 9.17) is 25.1 Å². The molecule has 0 spiro atoms. The van der Waals surface area contributed by atoms with Crippen LogP contribution in [0.1, 0.15) is 30.0 Å². The average molecular weight is 558 g/mol. The van der Waals surface area contributed by atoms with Crippen LogP contribution in [0, 0.1) is 0 Å². The first-order valence-electron chi connectivity index (χ1n) is 13.4. The third kappa shape index (κ3) is 7.15. The predicted octanol–water partition coefficient (Wildman–Crippen LogP) is 4.42. The Kier molecular flexibility index (Phi) is 9.81. The zero-order chi connectivity index (χ0) is 29.2. The molecule has 0 fully saturated rings. The number of hydrazine groups is 1. The third-order valence-corrected chi connectivity index (χ3v) is 6.88. The Labute approximate surface area is 239 Å². The number of hydrogen-bond donors (Lipinski definition) is 3. The Morgan fingerprint density at radius 1 is 1.15 bits per heavy atom. The topological polar surface area (TPSA) is 144 Å². The molecule has 0 aliphatic carbocycles. The number of aliphatic hydroxyl groups is 1. The Balaban J connectivity index is 1.58. The van der Waals surface area contributed by atoms with Gasteiger partial charge >= 0.3 is 0 Å². The van der Waals surface area contributed by atoms with Crippen LogP contribution >= 0.6 is 0 Å². The van der Waals surface area contributed by atoms with Crippen LogP contribution in [0.2, 0.25) is 0 Å². The number of hydrogen-bond acceptors (Lipinski definition) is 8. The van der Waals surface area contributed by atoms with Crippen molar-refractivity contribution in [2.45, 2.75) is 38.0 Å². The molecule has 0 aromatic heterocycles. The molecule has 0 unspecified atom stereocenters. The van der Waals surface area contributed by atoms with E-state index >= 15 is 0 Å².